The van der Waals surface area contributed by atoms with Gasteiger partial charge in [-0.05, 0) is 13.0 Å². The normalized spacial score (nSPS) is 7.09. The molecule has 4 nitrogen and oxygen atoms in total. The third-order valence-electron chi connectivity index (χ3n) is 0.681. The Morgan fingerprint density at radius 3 is 2.27 bits per heavy atom. The predicted octanol–water partition coefficient (Wildman–Crippen LogP) is 0.535. The second-order valence-electron chi connectivity index (χ2n) is 1.54. The Hall–Kier alpha value is -1.13. The molecular formula is C7H14N2O2. The molecule has 64 valence electrons. The van der Waals surface area contributed by atoms with Crippen molar-refractivity contribution in [2.24, 2.45) is 0 Å². The minimum absolute atomic E-state index is 0. The third-order valence-corrected chi connectivity index (χ3v) is 0.681. The van der Waals surface area contributed by atoms with Crippen molar-refractivity contribution in [2.45, 2.75) is 6.92 Å². The number of aliphatic hydroxyl groups excluding tert-OH is 1. The average molecular weight is 158 g/mol. The van der Waals surface area contributed by atoms with Crippen LogP contribution in [-0.4, -0.2) is 16.7 Å². The van der Waals surface area contributed by atoms with E-state index < -0.39 is 0 Å². The second-order valence-corrected chi connectivity index (χ2v) is 1.54. The summed E-state index contributed by atoms with van der Waals surface area (Å²) in [5.74, 6) is 0. The van der Waals surface area contributed by atoms with E-state index in [0.29, 0.717) is 0 Å². The maximum atomic E-state index is 10.2. The van der Waals surface area contributed by atoms with Crippen molar-refractivity contribution in [1.82, 2.24) is 11.1 Å². The Labute approximate surface area is 65.5 Å². The summed E-state index contributed by atoms with van der Waals surface area (Å²) in [5.41, 5.74) is -0.0532. The number of pyridine rings is 1. The topological polar surface area (TPSA) is 88.1 Å². The fraction of sp³-hybridized carbons (Fsp3) is 0.286. The summed E-state index contributed by atoms with van der Waals surface area (Å²) < 4.78 is 0. The fourth-order valence-electron chi connectivity index (χ4n) is 0.377. The average Bonchev–Trinajstić information content (AvgIpc) is 1.91. The number of hydrogen-bond acceptors (Lipinski definition) is 3. The van der Waals surface area contributed by atoms with Crippen LogP contribution >= 0.6 is 0 Å². The summed E-state index contributed by atoms with van der Waals surface area (Å²) in [7, 11) is 0. The maximum absolute atomic E-state index is 10.2. The highest BCUT2D eigenvalue weighted by Gasteiger charge is 1.69. The summed E-state index contributed by atoms with van der Waals surface area (Å²) in [4.78, 5) is 12.7. The quantitative estimate of drug-likeness (QED) is 0.514. The van der Waals surface area contributed by atoms with Gasteiger partial charge in [0.05, 0.1) is 0 Å². The number of hydrogen-bond donors (Lipinski definition) is 3. The van der Waals surface area contributed by atoms with Gasteiger partial charge in [0.15, 0.2) is 0 Å². The number of aromatic nitrogens is 1. The number of aromatic amines is 1. The van der Waals surface area contributed by atoms with E-state index in [-0.39, 0.29) is 18.3 Å². The second kappa shape index (κ2) is 8.87. The Morgan fingerprint density at radius 1 is 1.55 bits per heavy atom. The Balaban J connectivity index is 0. The fourth-order valence-corrected chi connectivity index (χ4v) is 0.377. The van der Waals surface area contributed by atoms with Crippen LogP contribution in [0.25, 0.3) is 0 Å². The van der Waals surface area contributed by atoms with Crippen LogP contribution in [0, 0.1) is 0 Å². The molecule has 0 bridgehead atoms. The van der Waals surface area contributed by atoms with E-state index in [1.54, 1.807) is 25.3 Å². The molecule has 5 N–H and O–H groups in total. The molecule has 0 aliphatic rings. The monoisotopic (exact) mass is 158 g/mol. The van der Waals surface area contributed by atoms with Crippen molar-refractivity contribution in [2.75, 3.05) is 6.61 Å². The van der Waals surface area contributed by atoms with Crippen molar-refractivity contribution in [3.05, 3.63) is 34.7 Å². The summed E-state index contributed by atoms with van der Waals surface area (Å²) in [6, 6.07) is 4.93. The van der Waals surface area contributed by atoms with Gasteiger partial charge in [-0.15, -0.1) is 0 Å². The SMILES string of the molecule is CCO.N.O=c1cccc[nH]1. The molecule has 0 atom stereocenters. The smallest absolute Gasteiger partial charge is 0.247 e. The van der Waals surface area contributed by atoms with Crippen LogP contribution in [0.5, 0.6) is 0 Å². The van der Waals surface area contributed by atoms with E-state index >= 15 is 0 Å². The van der Waals surface area contributed by atoms with Crippen LogP contribution < -0.4 is 11.7 Å². The van der Waals surface area contributed by atoms with Crippen LogP contribution in [0.3, 0.4) is 0 Å². The first-order chi connectivity index (χ1) is 4.81. The molecule has 11 heavy (non-hydrogen) atoms. The van der Waals surface area contributed by atoms with Gasteiger partial charge in [0.25, 0.3) is 0 Å². The lowest BCUT2D eigenvalue weighted by molar-refractivity contribution is 0.318. The molecule has 1 rings (SSSR count). The first-order valence-electron chi connectivity index (χ1n) is 3.05. The van der Waals surface area contributed by atoms with E-state index in [2.05, 4.69) is 4.98 Å². The zero-order chi connectivity index (χ0) is 7.82. The molecular weight excluding hydrogens is 144 g/mol. The van der Waals surface area contributed by atoms with Gasteiger partial charge in [0.2, 0.25) is 5.56 Å². The van der Waals surface area contributed by atoms with Gasteiger partial charge >= 0.3 is 0 Å². The van der Waals surface area contributed by atoms with E-state index in [1.807, 2.05) is 0 Å². The minimum atomic E-state index is -0.0532. The molecule has 0 amide bonds. The van der Waals surface area contributed by atoms with Crippen LogP contribution in [-0.2, 0) is 0 Å². The lowest BCUT2D eigenvalue weighted by atomic mass is 10.5. The minimum Gasteiger partial charge on any atom is -0.397 e. The van der Waals surface area contributed by atoms with Gasteiger partial charge in [-0.3, -0.25) is 4.79 Å². The molecule has 0 fully saturated rings. The Morgan fingerprint density at radius 2 is 2.09 bits per heavy atom. The van der Waals surface area contributed by atoms with Crippen LogP contribution in [0.15, 0.2) is 29.2 Å². The van der Waals surface area contributed by atoms with Crippen LogP contribution in [0.2, 0.25) is 0 Å². The van der Waals surface area contributed by atoms with Crippen molar-refractivity contribution >= 4 is 0 Å². The zero-order valence-electron chi connectivity index (χ0n) is 6.58. The lowest BCUT2D eigenvalue weighted by Crippen LogP contribution is -1.98. The highest BCUT2D eigenvalue weighted by atomic mass is 16.2. The summed E-state index contributed by atoms with van der Waals surface area (Å²) in [5, 5.41) is 7.57. The highest BCUT2D eigenvalue weighted by molar-refractivity contribution is 4.89. The van der Waals surface area contributed by atoms with Crippen molar-refractivity contribution in [1.29, 1.82) is 0 Å². The molecule has 4 heteroatoms. The third kappa shape index (κ3) is 8.87. The van der Waals surface area contributed by atoms with Crippen molar-refractivity contribution in [3.63, 3.8) is 0 Å². The first-order valence-corrected chi connectivity index (χ1v) is 3.05. The number of aliphatic hydroxyl groups is 1. The molecule has 0 aromatic carbocycles. The molecule has 0 saturated heterocycles. The summed E-state index contributed by atoms with van der Waals surface area (Å²) in [6.45, 7) is 1.93. The van der Waals surface area contributed by atoms with Gasteiger partial charge in [-0.2, -0.15) is 0 Å². The van der Waals surface area contributed by atoms with E-state index in [4.69, 9.17) is 5.11 Å². The molecule has 0 radical (unpaired) electrons. The molecule has 1 aromatic rings. The maximum Gasteiger partial charge on any atom is 0.247 e. The molecule has 1 heterocycles. The Bertz CT molecular complexity index is 192. The van der Waals surface area contributed by atoms with Crippen molar-refractivity contribution < 1.29 is 5.11 Å². The standard InChI is InChI=1S/C5H5NO.C2H6O.H3N/c7-5-3-1-2-4-6-5;1-2-3;/h1-4H,(H,6,7);3H,2H2,1H3;1H3. The van der Waals surface area contributed by atoms with E-state index in [1.165, 1.54) is 6.07 Å². The summed E-state index contributed by atoms with van der Waals surface area (Å²) >= 11 is 0. The van der Waals surface area contributed by atoms with Gasteiger partial charge in [-0.25, -0.2) is 0 Å². The molecule has 0 aliphatic carbocycles. The van der Waals surface area contributed by atoms with Gasteiger partial charge in [0, 0.05) is 18.9 Å². The van der Waals surface area contributed by atoms with Crippen LogP contribution in [0.1, 0.15) is 6.92 Å². The molecule has 0 spiro atoms. The van der Waals surface area contributed by atoms with Gasteiger partial charge < -0.3 is 16.2 Å². The highest BCUT2D eigenvalue weighted by Crippen LogP contribution is 1.67. The zero-order valence-corrected chi connectivity index (χ0v) is 6.58. The first kappa shape index (κ1) is 12.5. The number of H-pyrrole nitrogens is 1. The Kier molecular flexibility index (Phi) is 10.1. The van der Waals surface area contributed by atoms with Gasteiger partial charge in [-0.1, -0.05) is 6.07 Å². The number of nitrogens with one attached hydrogen (secondary N) is 1. The molecule has 0 saturated carbocycles. The molecule has 0 unspecified atom stereocenters. The number of rotatable bonds is 0. The summed E-state index contributed by atoms with van der Waals surface area (Å²) in [6.07, 6.45) is 1.60. The van der Waals surface area contributed by atoms with Crippen molar-refractivity contribution in [3.8, 4) is 0 Å². The predicted molar refractivity (Wildman–Crippen MR) is 44.8 cm³/mol. The van der Waals surface area contributed by atoms with E-state index in [9.17, 15) is 4.79 Å². The molecule has 1 aromatic heterocycles. The lowest BCUT2D eigenvalue weighted by Gasteiger charge is -1.73. The molecule has 0 aliphatic heterocycles. The van der Waals surface area contributed by atoms with Gasteiger partial charge in [0.1, 0.15) is 0 Å². The largest absolute Gasteiger partial charge is 0.397 e. The van der Waals surface area contributed by atoms with Crippen LogP contribution in [0.4, 0.5) is 0 Å². The van der Waals surface area contributed by atoms with E-state index in [0.717, 1.165) is 0 Å².